The van der Waals surface area contributed by atoms with E-state index < -0.39 is 0 Å². The van der Waals surface area contributed by atoms with Gasteiger partial charge in [0.15, 0.2) is 0 Å². The molecule has 0 radical (unpaired) electrons. The number of nitrogens with zero attached hydrogens (tertiary/aromatic N) is 4. The Balaban J connectivity index is 1.47. The average Bonchev–Trinajstić information content (AvgIpc) is 3.28. The number of ether oxygens (including phenoxy) is 1. The zero-order chi connectivity index (χ0) is 18.6. The molecule has 3 aliphatic heterocycles. The summed E-state index contributed by atoms with van der Waals surface area (Å²) in [5.41, 5.74) is 0.666. The van der Waals surface area contributed by atoms with Crippen LogP contribution in [0.1, 0.15) is 36.0 Å². The van der Waals surface area contributed by atoms with Gasteiger partial charge in [-0.3, -0.25) is 9.59 Å². The van der Waals surface area contributed by atoms with E-state index in [4.69, 9.17) is 4.74 Å². The molecular formula is C20H28N4O3. The molecule has 27 heavy (non-hydrogen) atoms. The van der Waals surface area contributed by atoms with Crippen molar-refractivity contribution in [3.8, 4) is 0 Å². The first-order valence-corrected chi connectivity index (χ1v) is 10.1. The van der Waals surface area contributed by atoms with Crippen molar-refractivity contribution in [1.29, 1.82) is 0 Å². The Morgan fingerprint density at radius 2 is 1.78 bits per heavy atom. The van der Waals surface area contributed by atoms with Crippen molar-refractivity contribution >= 4 is 17.6 Å². The summed E-state index contributed by atoms with van der Waals surface area (Å²) in [6, 6.07) is 3.70. The van der Waals surface area contributed by atoms with Gasteiger partial charge in [-0.1, -0.05) is 0 Å². The molecule has 3 fully saturated rings. The highest BCUT2D eigenvalue weighted by Crippen LogP contribution is 2.26. The first kappa shape index (κ1) is 18.2. The largest absolute Gasteiger partial charge is 0.378 e. The van der Waals surface area contributed by atoms with Gasteiger partial charge in [0.25, 0.3) is 5.91 Å². The number of carbonyl (C=O) groups is 2. The Kier molecular flexibility index (Phi) is 5.57. The van der Waals surface area contributed by atoms with Crippen LogP contribution < -0.4 is 4.90 Å². The Bertz CT molecular complexity index is 684. The predicted molar refractivity (Wildman–Crippen MR) is 102 cm³/mol. The molecule has 1 atom stereocenters. The van der Waals surface area contributed by atoms with E-state index in [1.807, 2.05) is 21.9 Å². The Morgan fingerprint density at radius 1 is 1.00 bits per heavy atom. The molecule has 0 aromatic carbocycles. The summed E-state index contributed by atoms with van der Waals surface area (Å²) in [6.07, 6.45) is 5.76. The molecule has 3 aliphatic rings. The standard InChI is InChI=1S/C20H28N4O3/c25-19(23-11-13-27-14-12-23)16-5-4-10-24(15-16)20(26)17-6-3-7-21-18(17)22-8-1-2-9-22/h3,6-7,16H,1-2,4-5,8-15H2. The summed E-state index contributed by atoms with van der Waals surface area (Å²) >= 11 is 0. The van der Waals surface area contributed by atoms with Gasteiger partial charge in [0.1, 0.15) is 5.82 Å². The summed E-state index contributed by atoms with van der Waals surface area (Å²) in [7, 11) is 0. The lowest BCUT2D eigenvalue weighted by Gasteiger charge is -2.36. The smallest absolute Gasteiger partial charge is 0.257 e. The summed E-state index contributed by atoms with van der Waals surface area (Å²) in [6.45, 7) is 5.65. The normalized spacial score (nSPS) is 23.6. The quantitative estimate of drug-likeness (QED) is 0.802. The second kappa shape index (κ2) is 8.25. The monoisotopic (exact) mass is 372 g/mol. The van der Waals surface area contributed by atoms with Crippen molar-refractivity contribution in [2.75, 3.05) is 57.4 Å². The molecule has 0 bridgehead atoms. The Labute approximate surface area is 160 Å². The number of hydrogen-bond donors (Lipinski definition) is 0. The maximum Gasteiger partial charge on any atom is 0.257 e. The van der Waals surface area contributed by atoms with Crippen LogP contribution in [-0.2, 0) is 9.53 Å². The van der Waals surface area contributed by atoms with Crippen LogP contribution in [0.2, 0.25) is 0 Å². The number of morpholine rings is 1. The molecular weight excluding hydrogens is 344 g/mol. The third kappa shape index (κ3) is 3.93. The van der Waals surface area contributed by atoms with Crippen LogP contribution in [-0.4, -0.2) is 79.1 Å². The van der Waals surface area contributed by atoms with E-state index in [2.05, 4.69) is 9.88 Å². The molecule has 0 saturated carbocycles. The van der Waals surface area contributed by atoms with Gasteiger partial charge in [0, 0.05) is 45.5 Å². The molecule has 0 aliphatic carbocycles. The highest BCUT2D eigenvalue weighted by atomic mass is 16.5. The molecule has 1 aromatic rings. The SMILES string of the molecule is O=C(c1cccnc1N1CCCC1)N1CCCC(C(=O)N2CCOCC2)C1. The van der Waals surface area contributed by atoms with Gasteiger partial charge >= 0.3 is 0 Å². The first-order chi connectivity index (χ1) is 13.2. The van der Waals surface area contributed by atoms with Crippen LogP contribution in [0.25, 0.3) is 0 Å². The molecule has 7 nitrogen and oxygen atoms in total. The average molecular weight is 372 g/mol. The van der Waals surface area contributed by atoms with E-state index >= 15 is 0 Å². The van der Waals surface area contributed by atoms with Gasteiger partial charge in [0.2, 0.25) is 5.91 Å². The number of pyridine rings is 1. The second-order valence-corrected chi connectivity index (χ2v) is 7.60. The van der Waals surface area contributed by atoms with Crippen molar-refractivity contribution in [3.63, 3.8) is 0 Å². The van der Waals surface area contributed by atoms with E-state index in [0.717, 1.165) is 44.6 Å². The first-order valence-electron chi connectivity index (χ1n) is 10.1. The number of aromatic nitrogens is 1. The van der Waals surface area contributed by atoms with E-state index in [-0.39, 0.29) is 17.7 Å². The van der Waals surface area contributed by atoms with Crippen LogP contribution in [0.15, 0.2) is 18.3 Å². The molecule has 4 rings (SSSR count). The number of rotatable bonds is 3. The number of amides is 2. The van der Waals surface area contributed by atoms with Gasteiger partial charge in [-0.05, 0) is 37.8 Å². The van der Waals surface area contributed by atoms with Crippen molar-refractivity contribution < 1.29 is 14.3 Å². The van der Waals surface area contributed by atoms with Crippen LogP contribution in [0, 0.1) is 5.92 Å². The van der Waals surface area contributed by atoms with Gasteiger partial charge < -0.3 is 19.4 Å². The van der Waals surface area contributed by atoms with E-state index in [0.29, 0.717) is 45.0 Å². The summed E-state index contributed by atoms with van der Waals surface area (Å²) in [5, 5.41) is 0. The Morgan fingerprint density at radius 3 is 2.56 bits per heavy atom. The third-order valence-electron chi connectivity index (χ3n) is 5.80. The zero-order valence-corrected chi connectivity index (χ0v) is 15.8. The topological polar surface area (TPSA) is 66.0 Å². The Hall–Kier alpha value is -2.15. The number of anilines is 1. The number of carbonyl (C=O) groups excluding carboxylic acids is 2. The van der Waals surface area contributed by atoms with Crippen LogP contribution in [0.3, 0.4) is 0 Å². The molecule has 1 aromatic heterocycles. The molecule has 0 N–H and O–H groups in total. The molecule has 2 amide bonds. The maximum absolute atomic E-state index is 13.2. The summed E-state index contributed by atoms with van der Waals surface area (Å²) in [5.74, 6) is 0.862. The van der Waals surface area contributed by atoms with Gasteiger partial charge in [-0.15, -0.1) is 0 Å². The predicted octanol–water partition coefficient (Wildman–Crippen LogP) is 1.39. The minimum atomic E-state index is -0.104. The molecule has 3 saturated heterocycles. The highest BCUT2D eigenvalue weighted by molar-refractivity contribution is 5.99. The number of hydrogen-bond acceptors (Lipinski definition) is 5. The summed E-state index contributed by atoms with van der Waals surface area (Å²) < 4.78 is 5.35. The molecule has 146 valence electrons. The van der Waals surface area contributed by atoms with Crippen LogP contribution in [0.5, 0.6) is 0 Å². The van der Waals surface area contributed by atoms with Crippen molar-refractivity contribution in [2.24, 2.45) is 5.92 Å². The lowest BCUT2D eigenvalue weighted by molar-refractivity contribution is -0.141. The lowest BCUT2D eigenvalue weighted by Crippen LogP contribution is -2.49. The molecule has 1 unspecified atom stereocenters. The number of piperidine rings is 1. The molecule has 4 heterocycles. The summed E-state index contributed by atoms with van der Waals surface area (Å²) in [4.78, 5) is 36.5. The van der Waals surface area contributed by atoms with Gasteiger partial charge in [-0.2, -0.15) is 0 Å². The van der Waals surface area contributed by atoms with Crippen LogP contribution >= 0.6 is 0 Å². The fourth-order valence-corrected chi connectivity index (χ4v) is 4.32. The zero-order valence-electron chi connectivity index (χ0n) is 15.8. The molecule has 0 spiro atoms. The second-order valence-electron chi connectivity index (χ2n) is 7.60. The van der Waals surface area contributed by atoms with E-state index in [1.54, 1.807) is 6.20 Å². The van der Waals surface area contributed by atoms with Crippen molar-refractivity contribution in [3.05, 3.63) is 23.9 Å². The van der Waals surface area contributed by atoms with Crippen LogP contribution in [0.4, 0.5) is 5.82 Å². The van der Waals surface area contributed by atoms with E-state index in [1.165, 1.54) is 0 Å². The molecule has 7 heteroatoms. The number of likely N-dealkylation sites (tertiary alicyclic amines) is 1. The maximum atomic E-state index is 13.2. The van der Waals surface area contributed by atoms with Crippen molar-refractivity contribution in [2.45, 2.75) is 25.7 Å². The minimum Gasteiger partial charge on any atom is -0.378 e. The van der Waals surface area contributed by atoms with Crippen molar-refractivity contribution in [1.82, 2.24) is 14.8 Å². The van der Waals surface area contributed by atoms with Gasteiger partial charge in [0.05, 0.1) is 24.7 Å². The minimum absolute atomic E-state index is 0.00415. The fourth-order valence-electron chi connectivity index (χ4n) is 4.32. The van der Waals surface area contributed by atoms with E-state index in [9.17, 15) is 9.59 Å². The fraction of sp³-hybridized carbons (Fsp3) is 0.650. The highest BCUT2D eigenvalue weighted by Gasteiger charge is 2.33. The lowest BCUT2D eigenvalue weighted by atomic mass is 9.95. The third-order valence-corrected chi connectivity index (χ3v) is 5.80. The van der Waals surface area contributed by atoms with Gasteiger partial charge in [-0.25, -0.2) is 4.98 Å².